The zero-order chi connectivity index (χ0) is 10.9. The number of benzene rings is 1. The first-order chi connectivity index (χ1) is 7.36. The lowest BCUT2D eigenvalue weighted by Crippen LogP contribution is -2.31. The predicted molar refractivity (Wildman–Crippen MR) is 63.9 cm³/mol. The van der Waals surface area contributed by atoms with Crippen molar-refractivity contribution >= 4 is 0 Å². The fourth-order valence-electron chi connectivity index (χ4n) is 1.64. The first-order valence-electron chi connectivity index (χ1n) is 5.75. The maximum Gasteiger partial charge on any atom is 0.0443 e. The number of nitrogens with one attached hydrogen (secondary N) is 1. The molecule has 1 atom stereocenters. The normalized spacial score (nSPS) is 12.7. The number of aliphatic hydroxyl groups is 1. The van der Waals surface area contributed by atoms with Crippen LogP contribution in [0.25, 0.3) is 0 Å². The minimum atomic E-state index is 0.273. The summed E-state index contributed by atoms with van der Waals surface area (Å²) in [5.74, 6) is 0. The molecule has 0 aromatic heterocycles. The second-order valence-corrected chi connectivity index (χ2v) is 3.83. The molecule has 2 nitrogen and oxygen atoms in total. The molecule has 0 amide bonds. The van der Waals surface area contributed by atoms with Gasteiger partial charge in [0.2, 0.25) is 0 Å². The molecule has 0 saturated carbocycles. The Labute approximate surface area is 92.3 Å². The van der Waals surface area contributed by atoms with Gasteiger partial charge in [0.15, 0.2) is 0 Å². The third-order valence-corrected chi connectivity index (χ3v) is 2.59. The van der Waals surface area contributed by atoms with Crippen molar-refractivity contribution in [1.29, 1.82) is 0 Å². The van der Waals surface area contributed by atoms with Gasteiger partial charge >= 0.3 is 0 Å². The van der Waals surface area contributed by atoms with Crippen LogP contribution >= 0.6 is 0 Å². The van der Waals surface area contributed by atoms with Crippen LogP contribution in [0.2, 0.25) is 0 Å². The Morgan fingerprint density at radius 2 is 2.00 bits per heavy atom. The average molecular weight is 207 g/mol. The molecule has 84 valence electrons. The fourth-order valence-corrected chi connectivity index (χ4v) is 1.64. The number of rotatable bonds is 7. The smallest absolute Gasteiger partial charge is 0.0443 e. The third kappa shape index (κ3) is 4.96. The van der Waals surface area contributed by atoms with Gasteiger partial charge in [-0.3, -0.25) is 0 Å². The molecule has 0 unspecified atom stereocenters. The van der Waals surface area contributed by atoms with Crippen molar-refractivity contribution in [2.45, 2.75) is 32.2 Å². The Hall–Kier alpha value is -0.860. The molecule has 1 aromatic carbocycles. The lowest BCUT2D eigenvalue weighted by molar-refractivity contribution is 0.282. The molecule has 1 rings (SSSR count). The quantitative estimate of drug-likeness (QED) is 0.670. The summed E-state index contributed by atoms with van der Waals surface area (Å²) >= 11 is 0. The molecule has 0 saturated heterocycles. The summed E-state index contributed by atoms with van der Waals surface area (Å²) in [5.41, 5.74) is 1.38. The van der Waals surface area contributed by atoms with E-state index in [1.165, 1.54) is 5.56 Å². The van der Waals surface area contributed by atoms with Gasteiger partial charge in [0.05, 0.1) is 0 Å². The van der Waals surface area contributed by atoms with Crippen LogP contribution in [0.3, 0.4) is 0 Å². The van der Waals surface area contributed by atoms with E-state index in [-0.39, 0.29) is 6.61 Å². The molecule has 0 aliphatic carbocycles. The predicted octanol–water partition coefficient (Wildman–Crippen LogP) is 1.98. The van der Waals surface area contributed by atoms with E-state index in [0.29, 0.717) is 6.04 Å². The number of aliphatic hydroxyl groups excluding tert-OH is 1. The standard InChI is InChI=1S/C13H21NO/c1-2-13(14-9-6-10-15)11-12-7-4-3-5-8-12/h3-5,7-8,13-15H,2,6,9-11H2,1H3/t13-/m0/s1. The molecule has 0 spiro atoms. The molecule has 0 heterocycles. The van der Waals surface area contributed by atoms with E-state index in [1.54, 1.807) is 0 Å². The lowest BCUT2D eigenvalue weighted by Gasteiger charge is -2.16. The highest BCUT2D eigenvalue weighted by Gasteiger charge is 2.05. The van der Waals surface area contributed by atoms with Crippen molar-refractivity contribution in [1.82, 2.24) is 5.32 Å². The SMILES string of the molecule is CC[C@@H](Cc1ccccc1)NCCCO. The molecule has 2 heteroatoms. The third-order valence-electron chi connectivity index (χ3n) is 2.59. The molecule has 1 aromatic rings. The highest BCUT2D eigenvalue weighted by molar-refractivity contribution is 5.15. The van der Waals surface area contributed by atoms with Gasteiger partial charge in [0.25, 0.3) is 0 Å². The minimum absolute atomic E-state index is 0.273. The number of hydrogen-bond acceptors (Lipinski definition) is 2. The number of hydrogen-bond donors (Lipinski definition) is 2. The summed E-state index contributed by atoms with van der Waals surface area (Å²) in [6.07, 6.45) is 3.04. The average Bonchev–Trinajstić information content (AvgIpc) is 2.29. The molecule has 0 radical (unpaired) electrons. The molecule has 0 aliphatic heterocycles. The van der Waals surface area contributed by atoms with Crippen molar-refractivity contribution in [3.05, 3.63) is 35.9 Å². The molecular weight excluding hydrogens is 186 g/mol. The van der Waals surface area contributed by atoms with Gasteiger partial charge in [-0.1, -0.05) is 37.3 Å². The zero-order valence-electron chi connectivity index (χ0n) is 9.45. The van der Waals surface area contributed by atoms with Gasteiger partial charge in [-0.05, 0) is 31.4 Å². The van der Waals surface area contributed by atoms with Crippen molar-refractivity contribution < 1.29 is 5.11 Å². The van der Waals surface area contributed by atoms with Gasteiger partial charge in [0, 0.05) is 12.6 Å². The second-order valence-electron chi connectivity index (χ2n) is 3.83. The van der Waals surface area contributed by atoms with E-state index in [2.05, 4.69) is 36.5 Å². The van der Waals surface area contributed by atoms with E-state index < -0.39 is 0 Å². The highest BCUT2D eigenvalue weighted by Crippen LogP contribution is 2.05. The van der Waals surface area contributed by atoms with E-state index in [1.807, 2.05) is 6.07 Å². The Kier molecular flexibility index (Phi) is 6.05. The van der Waals surface area contributed by atoms with Crippen LogP contribution in [0.1, 0.15) is 25.3 Å². The summed E-state index contributed by atoms with van der Waals surface area (Å²) in [7, 11) is 0. The van der Waals surface area contributed by atoms with Gasteiger partial charge in [-0.15, -0.1) is 0 Å². The van der Waals surface area contributed by atoms with Crippen molar-refractivity contribution in [3.63, 3.8) is 0 Å². The van der Waals surface area contributed by atoms with Crippen LogP contribution in [0.15, 0.2) is 30.3 Å². The van der Waals surface area contributed by atoms with Crippen LogP contribution in [0.4, 0.5) is 0 Å². The Morgan fingerprint density at radius 1 is 1.27 bits per heavy atom. The Bertz CT molecular complexity index is 248. The summed E-state index contributed by atoms with van der Waals surface area (Å²) in [6, 6.07) is 11.1. The van der Waals surface area contributed by atoms with Crippen molar-refractivity contribution in [2.24, 2.45) is 0 Å². The maximum atomic E-state index is 8.70. The first-order valence-corrected chi connectivity index (χ1v) is 5.75. The monoisotopic (exact) mass is 207 g/mol. The van der Waals surface area contributed by atoms with Gasteiger partial charge in [-0.2, -0.15) is 0 Å². The maximum absolute atomic E-state index is 8.70. The molecular formula is C13H21NO. The van der Waals surface area contributed by atoms with Crippen molar-refractivity contribution in [2.75, 3.05) is 13.2 Å². The summed E-state index contributed by atoms with van der Waals surface area (Å²) in [5, 5.41) is 12.2. The molecule has 0 bridgehead atoms. The van der Waals surface area contributed by atoms with Crippen LogP contribution in [0, 0.1) is 0 Å². The topological polar surface area (TPSA) is 32.3 Å². The van der Waals surface area contributed by atoms with E-state index in [0.717, 1.165) is 25.8 Å². The highest BCUT2D eigenvalue weighted by atomic mass is 16.3. The van der Waals surface area contributed by atoms with Crippen LogP contribution in [-0.2, 0) is 6.42 Å². The molecule has 0 aliphatic rings. The lowest BCUT2D eigenvalue weighted by atomic mass is 10.0. The van der Waals surface area contributed by atoms with Crippen molar-refractivity contribution in [3.8, 4) is 0 Å². The second kappa shape index (κ2) is 7.43. The summed E-state index contributed by atoms with van der Waals surface area (Å²) < 4.78 is 0. The van der Waals surface area contributed by atoms with Gasteiger partial charge < -0.3 is 10.4 Å². The fraction of sp³-hybridized carbons (Fsp3) is 0.538. The Balaban J connectivity index is 2.33. The molecule has 15 heavy (non-hydrogen) atoms. The van der Waals surface area contributed by atoms with E-state index in [9.17, 15) is 0 Å². The van der Waals surface area contributed by atoms with Gasteiger partial charge in [0.1, 0.15) is 0 Å². The Morgan fingerprint density at radius 3 is 2.60 bits per heavy atom. The van der Waals surface area contributed by atoms with Gasteiger partial charge in [-0.25, -0.2) is 0 Å². The minimum Gasteiger partial charge on any atom is -0.396 e. The van der Waals surface area contributed by atoms with E-state index in [4.69, 9.17) is 5.11 Å². The van der Waals surface area contributed by atoms with Crippen LogP contribution in [-0.4, -0.2) is 24.3 Å². The molecule has 0 fully saturated rings. The largest absolute Gasteiger partial charge is 0.396 e. The molecule has 2 N–H and O–H groups in total. The summed E-state index contributed by atoms with van der Waals surface area (Å²) in [4.78, 5) is 0. The summed E-state index contributed by atoms with van der Waals surface area (Å²) in [6.45, 7) is 3.37. The van der Waals surface area contributed by atoms with Crippen LogP contribution < -0.4 is 5.32 Å². The first kappa shape index (κ1) is 12.2. The van der Waals surface area contributed by atoms with E-state index >= 15 is 0 Å². The zero-order valence-corrected chi connectivity index (χ0v) is 9.45. The van der Waals surface area contributed by atoms with Crippen LogP contribution in [0.5, 0.6) is 0 Å².